The number of nitrogens with zero attached hydrogens (tertiary/aromatic N) is 1. The van der Waals surface area contributed by atoms with Crippen LogP contribution in [0.5, 0.6) is 0 Å². The lowest BCUT2D eigenvalue weighted by atomic mass is 10.0. The summed E-state index contributed by atoms with van der Waals surface area (Å²) in [4.78, 5) is 24.7. The van der Waals surface area contributed by atoms with Crippen molar-refractivity contribution < 1.29 is 14.3 Å². The van der Waals surface area contributed by atoms with Gasteiger partial charge >= 0.3 is 5.97 Å². The lowest BCUT2D eigenvalue weighted by Crippen LogP contribution is -2.14. The molecule has 0 bridgehead atoms. The van der Waals surface area contributed by atoms with Gasteiger partial charge in [-0.2, -0.15) is 0 Å². The molecule has 202 valence electrons. The predicted octanol–water partition coefficient (Wildman–Crippen LogP) is 8.03. The van der Waals surface area contributed by atoms with Crippen LogP contribution >= 0.6 is 0 Å². The second-order valence-electron chi connectivity index (χ2n) is 8.67. The van der Waals surface area contributed by atoms with E-state index in [1.54, 1.807) is 0 Å². The van der Waals surface area contributed by atoms with Crippen molar-refractivity contribution in [2.75, 3.05) is 11.9 Å². The lowest BCUT2D eigenvalue weighted by Gasteiger charge is -2.09. The van der Waals surface area contributed by atoms with Crippen molar-refractivity contribution in [2.45, 2.75) is 68.4 Å². The van der Waals surface area contributed by atoms with Gasteiger partial charge in [0.05, 0.1) is 6.61 Å². The third-order valence-corrected chi connectivity index (χ3v) is 6.11. The largest absolute Gasteiger partial charge is 0.465 e. The molecule has 0 spiro atoms. The van der Waals surface area contributed by atoms with E-state index in [4.69, 9.17) is 4.74 Å². The number of nitrogens with one attached hydrogen (secondary N) is 1. The van der Waals surface area contributed by atoms with Gasteiger partial charge in [-0.3, -0.25) is 9.59 Å². The number of hydrogen-bond donors (Lipinski definition) is 1. The van der Waals surface area contributed by atoms with Crippen LogP contribution < -0.4 is 5.32 Å². The van der Waals surface area contributed by atoms with Crippen molar-refractivity contribution in [1.29, 1.82) is 0 Å². The molecule has 4 aromatic rings. The van der Waals surface area contributed by atoms with E-state index in [1.807, 2.05) is 94.6 Å². The van der Waals surface area contributed by atoms with Crippen molar-refractivity contribution in [1.82, 2.24) is 4.57 Å². The summed E-state index contributed by atoms with van der Waals surface area (Å²) in [5.74, 6) is -0.357. The zero-order chi connectivity index (χ0) is 28.2. The molecular formula is C33H42N2O3. The highest BCUT2D eigenvalue weighted by molar-refractivity contribution is 6.04. The molecule has 1 amide bonds. The van der Waals surface area contributed by atoms with Crippen molar-refractivity contribution >= 4 is 28.5 Å². The highest BCUT2D eigenvalue weighted by Crippen LogP contribution is 2.29. The van der Waals surface area contributed by atoms with Crippen LogP contribution in [0.15, 0.2) is 66.7 Å². The zero-order valence-electron chi connectivity index (χ0n) is 24.1. The minimum atomic E-state index is -0.233. The number of amides is 1. The molecule has 0 atom stereocenters. The van der Waals surface area contributed by atoms with E-state index in [0.29, 0.717) is 12.2 Å². The molecule has 5 heteroatoms. The molecule has 1 aromatic heterocycles. The summed E-state index contributed by atoms with van der Waals surface area (Å²) in [7, 11) is 0. The molecule has 1 N–H and O–H groups in total. The number of benzene rings is 3. The summed E-state index contributed by atoms with van der Waals surface area (Å²) >= 11 is 0. The third kappa shape index (κ3) is 7.58. The molecular weight excluding hydrogens is 472 g/mol. The summed E-state index contributed by atoms with van der Waals surface area (Å²) in [6.07, 6.45) is 0.730. The Morgan fingerprint density at radius 3 is 2.03 bits per heavy atom. The average molecular weight is 515 g/mol. The van der Waals surface area contributed by atoms with Gasteiger partial charge in [-0.15, -0.1) is 0 Å². The SMILES string of the molecule is CC.CC.CCOC(=O)Cn1c(C)c(Cc2ccc(NC(=O)c3ccc(C)cc3)cc2)c2cc(C)ccc21. The van der Waals surface area contributed by atoms with E-state index >= 15 is 0 Å². The molecule has 3 aromatic carbocycles. The van der Waals surface area contributed by atoms with Gasteiger partial charge in [-0.05, 0) is 81.6 Å². The number of aryl methyl sites for hydroxylation is 2. The van der Waals surface area contributed by atoms with Crippen molar-refractivity contribution in [3.05, 3.63) is 100 Å². The molecule has 5 nitrogen and oxygen atoms in total. The fraction of sp³-hybridized carbons (Fsp3) is 0.333. The number of carbonyl (C=O) groups excluding carboxylic acids is 2. The minimum Gasteiger partial charge on any atom is -0.465 e. The number of anilines is 1. The summed E-state index contributed by atoms with van der Waals surface area (Å²) < 4.78 is 7.23. The topological polar surface area (TPSA) is 60.3 Å². The van der Waals surface area contributed by atoms with E-state index in [2.05, 4.69) is 37.4 Å². The average Bonchev–Trinajstić information content (AvgIpc) is 3.17. The number of aromatic nitrogens is 1. The smallest absolute Gasteiger partial charge is 0.325 e. The molecule has 0 saturated carbocycles. The summed E-state index contributed by atoms with van der Waals surface area (Å²) in [5, 5.41) is 4.11. The van der Waals surface area contributed by atoms with Crippen LogP contribution in [0.4, 0.5) is 5.69 Å². The first kappa shape index (κ1) is 30.4. The third-order valence-electron chi connectivity index (χ3n) is 6.11. The van der Waals surface area contributed by atoms with Crippen LogP contribution in [-0.4, -0.2) is 23.1 Å². The van der Waals surface area contributed by atoms with Crippen LogP contribution in [-0.2, 0) is 22.5 Å². The molecule has 1 heterocycles. The van der Waals surface area contributed by atoms with Gasteiger partial charge in [-0.25, -0.2) is 0 Å². The highest BCUT2D eigenvalue weighted by atomic mass is 16.5. The number of esters is 1. The van der Waals surface area contributed by atoms with Crippen LogP contribution in [0.25, 0.3) is 10.9 Å². The molecule has 38 heavy (non-hydrogen) atoms. The molecule has 0 saturated heterocycles. The van der Waals surface area contributed by atoms with E-state index in [1.165, 1.54) is 11.1 Å². The van der Waals surface area contributed by atoms with Crippen molar-refractivity contribution in [3.8, 4) is 0 Å². The van der Waals surface area contributed by atoms with Crippen LogP contribution in [0.2, 0.25) is 0 Å². The Hall–Kier alpha value is -3.86. The van der Waals surface area contributed by atoms with Crippen molar-refractivity contribution in [2.24, 2.45) is 0 Å². The van der Waals surface area contributed by atoms with Gasteiger partial charge in [0.1, 0.15) is 6.54 Å². The number of hydrogen-bond acceptors (Lipinski definition) is 3. The molecule has 0 aliphatic heterocycles. The van der Waals surface area contributed by atoms with E-state index in [0.717, 1.165) is 39.8 Å². The molecule has 0 aliphatic carbocycles. The highest BCUT2D eigenvalue weighted by Gasteiger charge is 2.17. The maximum Gasteiger partial charge on any atom is 0.325 e. The maximum absolute atomic E-state index is 12.5. The Bertz CT molecular complexity index is 1330. The first-order valence-electron chi connectivity index (χ1n) is 13.6. The quantitative estimate of drug-likeness (QED) is 0.254. The number of rotatable bonds is 7. The summed E-state index contributed by atoms with van der Waals surface area (Å²) in [6.45, 7) is 16.5. The number of carbonyl (C=O) groups is 2. The first-order chi connectivity index (χ1) is 18.4. The molecule has 4 rings (SSSR count). The van der Waals surface area contributed by atoms with Gasteiger partial charge in [0, 0.05) is 27.8 Å². The number of fused-ring (bicyclic) bond motifs is 1. The van der Waals surface area contributed by atoms with Gasteiger partial charge < -0.3 is 14.6 Å². The summed E-state index contributed by atoms with van der Waals surface area (Å²) in [5.41, 5.74) is 8.11. The first-order valence-corrected chi connectivity index (χ1v) is 13.6. The van der Waals surface area contributed by atoms with Crippen LogP contribution in [0.1, 0.15) is 72.9 Å². The van der Waals surface area contributed by atoms with Crippen molar-refractivity contribution in [3.63, 3.8) is 0 Å². The van der Waals surface area contributed by atoms with Crippen LogP contribution in [0.3, 0.4) is 0 Å². The van der Waals surface area contributed by atoms with Gasteiger partial charge in [0.25, 0.3) is 5.91 Å². The Labute approximate surface area is 227 Å². The fourth-order valence-corrected chi connectivity index (χ4v) is 4.25. The Morgan fingerprint density at radius 1 is 0.816 bits per heavy atom. The molecule has 0 radical (unpaired) electrons. The van der Waals surface area contributed by atoms with Crippen LogP contribution in [0, 0.1) is 20.8 Å². The standard InChI is InChI=1S/C29H30N2O3.2C2H6/c1-5-34-28(32)18-31-21(4)25(26-16-20(3)8-15-27(26)31)17-22-9-13-24(14-10-22)30-29(33)23-11-6-19(2)7-12-23;2*1-2/h6-16H,5,17-18H2,1-4H3,(H,30,33);2*1-2H3. The zero-order valence-corrected chi connectivity index (χ0v) is 24.1. The Morgan fingerprint density at radius 2 is 1.42 bits per heavy atom. The van der Waals surface area contributed by atoms with E-state index in [-0.39, 0.29) is 18.4 Å². The predicted molar refractivity (Wildman–Crippen MR) is 159 cm³/mol. The van der Waals surface area contributed by atoms with E-state index < -0.39 is 0 Å². The molecule has 0 unspecified atom stereocenters. The second-order valence-corrected chi connectivity index (χ2v) is 8.67. The minimum absolute atomic E-state index is 0.124. The number of ether oxygens (including phenoxy) is 1. The lowest BCUT2D eigenvalue weighted by molar-refractivity contribution is -0.143. The van der Waals surface area contributed by atoms with Gasteiger partial charge in [0.2, 0.25) is 0 Å². The molecule has 0 fully saturated rings. The van der Waals surface area contributed by atoms with Gasteiger partial charge in [-0.1, -0.05) is 69.2 Å². The normalized spacial score (nSPS) is 10.1. The molecule has 0 aliphatic rings. The monoisotopic (exact) mass is 514 g/mol. The Balaban J connectivity index is 0.00000121. The Kier molecular flexibility index (Phi) is 11.8. The summed E-state index contributed by atoms with van der Waals surface area (Å²) in [6, 6.07) is 21.8. The fourth-order valence-electron chi connectivity index (χ4n) is 4.25. The van der Waals surface area contributed by atoms with E-state index in [9.17, 15) is 9.59 Å². The second kappa shape index (κ2) is 14.8. The van der Waals surface area contributed by atoms with Gasteiger partial charge in [0.15, 0.2) is 0 Å². The maximum atomic E-state index is 12.5.